The van der Waals surface area contributed by atoms with Crippen LogP contribution in [0.4, 0.5) is 105 Å². The molecule has 0 aliphatic rings. The second-order valence-corrected chi connectivity index (χ2v) is 20.0. The number of benzene rings is 6. The number of ketones is 1. The number of hydrogen-bond acceptors (Lipinski definition) is 4. The maximum Gasteiger partial charge on any atom is 0.416 e. The number of ether oxygens (including phenoxy) is 1. The van der Waals surface area contributed by atoms with E-state index in [9.17, 15) is 119 Å². The van der Waals surface area contributed by atoms with Crippen LogP contribution in [0.2, 0.25) is 0 Å². The number of Topliss-reactive ketones (excluding diaryl/α,β-unsaturated/α-hetero) is 1. The van der Waals surface area contributed by atoms with Gasteiger partial charge in [0.25, 0.3) is 0 Å². The zero-order chi connectivity index (χ0) is 60.1. The summed E-state index contributed by atoms with van der Waals surface area (Å²) in [6.07, 6.45) is -53.2. The molecule has 0 heterocycles. The first-order valence-corrected chi connectivity index (χ1v) is 23.5. The summed E-state index contributed by atoms with van der Waals surface area (Å²) >= 11 is 0. The third-order valence-corrected chi connectivity index (χ3v) is 13.6. The Bertz CT molecular complexity index is 2820. The molecule has 1 atom stereocenters. The molecule has 0 aliphatic heterocycles. The van der Waals surface area contributed by atoms with Crippen molar-refractivity contribution in [3.8, 4) is 5.75 Å². The van der Waals surface area contributed by atoms with Crippen molar-refractivity contribution in [3.05, 3.63) is 177 Å². The van der Waals surface area contributed by atoms with Gasteiger partial charge in [0, 0.05) is 12.5 Å². The minimum absolute atomic E-state index is 0.0517. The summed E-state index contributed by atoms with van der Waals surface area (Å²) in [5.41, 5.74) is -29.8. The molecule has 6 aromatic carbocycles. The third kappa shape index (κ3) is 15.0. The van der Waals surface area contributed by atoms with Gasteiger partial charge in [-0.1, -0.05) is 70.9 Å². The lowest BCUT2D eigenvalue weighted by Crippen LogP contribution is -2.75. The number of rotatable bonds is 9. The van der Waals surface area contributed by atoms with Crippen LogP contribution in [0.25, 0.3) is 0 Å². The Morgan fingerprint density at radius 2 is 0.633 bits per heavy atom. The summed E-state index contributed by atoms with van der Waals surface area (Å²) in [7, 11) is -2.42. The first-order valence-electron chi connectivity index (χ1n) is 21.3. The highest BCUT2D eigenvalue weighted by molar-refractivity contribution is 8.03. The SMILES string of the molecule is CC(=O)Oc1ccc(C(=O)C[S+](C)(=O)c2ccccc2)cc1.FC(F)(F)c1cc([B-](c2cc(C(F)(F)F)cc(C(F)(F)F)c2)(c2cc(C(F)(F)F)cc(C(F)(F)F)c2)c2cc(C(F)(F)F)cc(C(F)(F)F)c2)cc(C(F)(F)F)c1. The normalized spacial score (nSPS) is 14.0. The van der Waals surface area contributed by atoms with Crippen molar-refractivity contribution in [2.45, 2.75) is 61.2 Å². The molecule has 0 saturated carbocycles. The van der Waals surface area contributed by atoms with Crippen molar-refractivity contribution in [3.63, 3.8) is 0 Å². The number of alkyl halides is 24. The Morgan fingerprint density at radius 3 is 0.848 bits per heavy atom. The van der Waals surface area contributed by atoms with Crippen molar-refractivity contribution >= 4 is 49.7 Å². The molecule has 6 rings (SSSR count). The Kier molecular flexibility index (Phi) is 17.2. The van der Waals surface area contributed by atoms with E-state index in [1.165, 1.54) is 6.92 Å². The van der Waals surface area contributed by atoms with Crippen LogP contribution >= 0.6 is 0 Å². The fraction of sp³-hybridized carbons (Fsp3) is 0.224. The molecule has 0 N–H and O–H groups in total. The van der Waals surface area contributed by atoms with Gasteiger partial charge < -0.3 is 4.74 Å². The predicted octanol–water partition coefficient (Wildman–Crippen LogP) is 14.2. The molecule has 0 aromatic heterocycles. The predicted molar refractivity (Wildman–Crippen MR) is 236 cm³/mol. The van der Waals surface area contributed by atoms with Gasteiger partial charge in [-0.15, -0.1) is 0 Å². The molecular formula is C49H29BF24O4S. The molecule has 79 heavy (non-hydrogen) atoms. The highest BCUT2D eigenvalue weighted by Crippen LogP contribution is 2.41. The third-order valence-electron chi connectivity index (χ3n) is 11.5. The molecule has 0 amide bonds. The van der Waals surface area contributed by atoms with Gasteiger partial charge in [0.1, 0.15) is 28.1 Å². The van der Waals surface area contributed by atoms with Crippen molar-refractivity contribution in [2.75, 3.05) is 12.0 Å². The molecule has 0 aliphatic carbocycles. The first-order chi connectivity index (χ1) is 35.6. The number of hydrogen-bond donors (Lipinski definition) is 0. The van der Waals surface area contributed by atoms with E-state index >= 15 is 0 Å². The Hall–Kier alpha value is -7.01. The van der Waals surface area contributed by atoms with Gasteiger partial charge in [0.15, 0.2) is 10.6 Å². The average Bonchev–Trinajstić information content (AvgIpc) is 3.35. The molecule has 0 fully saturated rings. The van der Waals surface area contributed by atoms with Gasteiger partial charge in [0.05, 0.1) is 44.5 Å². The van der Waals surface area contributed by atoms with Crippen LogP contribution in [0, 0.1) is 0 Å². The van der Waals surface area contributed by atoms with E-state index in [4.69, 9.17) is 4.74 Å². The highest BCUT2D eigenvalue weighted by Gasteiger charge is 2.47. The number of esters is 1. The van der Waals surface area contributed by atoms with Crippen molar-refractivity contribution < 1.29 is 124 Å². The lowest BCUT2D eigenvalue weighted by atomic mass is 9.12. The van der Waals surface area contributed by atoms with Crippen LogP contribution < -0.4 is 26.6 Å². The van der Waals surface area contributed by atoms with Gasteiger partial charge in [-0.25, -0.2) is 0 Å². The van der Waals surface area contributed by atoms with E-state index in [-0.39, 0.29) is 11.5 Å². The van der Waals surface area contributed by atoms with Crippen LogP contribution in [-0.2, 0) is 68.3 Å². The van der Waals surface area contributed by atoms with E-state index in [1.807, 2.05) is 6.07 Å². The maximum atomic E-state index is 14.2. The zero-order valence-electron chi connectivity index (χ0n) is 39.0. The number of halogens is 24. The van der Waals surface area contributed by atoms with Gasteiger partial charge in [-0.3, -0.25) is 9.59 Å². The van der Waals surface area contributed by atoms with E-state index in [0.29, 0.717) is 16.2 Å². The fourth-order valence-corrected chi connectivity index (χ4v) is 9.64. The molecule has 0 radical (unpaired) electrons. The molecule has 0 saturated heterocycles. The topological polar surface area (TPSA) is 60.4 Å². The monoisotopic (exact) mass is 1180 g/mol. The highest BCUT2D eigenvalue weighted by atomic mass is 32.2. The molecule has 0 bridgehead atoms. The van der Waals surface area contributed by atoms with Crippen LogP contribution in [0.5, 0.6) is 5.75 Å². The van der Waals surface area contributed by atoms with Gasteiger partial charge in [-0.2, -0.15) is 127 Å². The maximum absolute atomic E-state index is 14.2. The molecule has 1 unspecified atom stereocenters. The number of carbonyl (C=O) groups excluding carboxylic acids is 2. The van der Waals surface area contributed by atoms with E-state index < -0.39 is 211 Å². The van der Waals surface area contributed by atoms with Crippen molar-refractivity contribution in [1.29, 1.82) is 0 Å². The van der Waals surface area contributed by atoms with Crippen LogP contribution in [0.3, 0.4) is 0 Å². The Labute approximate surface area is 429 Å². The van der Waals surface area contributed by atoms with E-state index in [1.54, 1.807) is 54.8 Å². The molecule has 0 spiro atoms. The average molecular weight is 1180 g/mol. The van der Waals surface area contributed by atoms with Gasteiger partial charge in [-0.05, 0) is 60.7 Å². The number of carbonyl (C=O) groups is 2. The second kappa shape index (κ2) is 21.6. The van der Waals surface area contributed by atoms with E-state index in [0.717, 1.165) is 0 Å². The lowest BCUT2D eigenvalue weighted by molar-refractivity contribution is -0.144. The lowest BCUT2D eigenvalue weighted by Gasteiger charge is -2.46. The van der Waals surface area contributed by atoms with Crippen molar-refractivity contribution in [2.24, 2.45) is 0 Å². The molecule has 30 heteroatoms. The molecule has 6 aromatic rings. The Morgan fingerprint density at radius 1 is 0.392 bits per heavy atom. The smallest absolute Gasteiger partial charge is 0.416 e. The molecule has 426 valence electrons. The summed E-state index contributed by atoms with van der Waals surface area (Å²) in [4.78, 5) is 23.8. The van der Waals surface area contributed by atoms with Crippen LogP contribution in [0.15, 0.2) is 132 Å². The molecular weight excluding hydrogens is 1150 g/mol. The Balaban J connectivity index is 0.000000433. The zero-order valence-corrected chi connectivity index (χ0v) is 39.8. The summed E-state index contributed by atoms with van der Waals surface area (Å²) in [5, 5.41) is 0. The minimum atomic E-state index is -6.13. The van der Waals surface area contributed by atoms with Crippen LogP contribution in [0.1, 0.15) is 61.8 Å². The summed E-state index contributed by atoms with van der Waals surface area (Å²) in [6, 6.07) is 6.40. The summed E-state index contributed by atoms with van der Waals surface area (Å²) < 4.78 is 358. The summed E-state index contributed by atoms with van der Waals surface area (Å²) in [5.74, 6) is -0.293. The van der Waals surface area contributed by atoms with Crippen LogP contribution in [-0.4, -0.2) is 29.9 Å². The first kappa shape index (κ1) is 62.8. The van der Waals surface area contributed by atoms with E-state index in [2.05, 4.69) is 0 Å². The minimum Gasteiger partial charge on any atom is -0.427 e. The quantitative estimate of drug-likeness (QED) is 0.0361. The summed E-state index contributed by atoms with van der Waals surface area (Å²) in [6.45, 7) is 1.31. The van der Waals surface area contributed by atoms with Gasteiger partial charge >= 0.3 is 55.4 Å². The standard InChI is InChI=1S/C32H12BF24.C17H17O4S/c34-25(35,36)13-1-14(26(37,38)39)6-21(5-13)33(22-7-15(27(40,41)42)2-16(8-22)28(43,44)45,23-9-17(29(46,47)48)3-18(10-23)30(49,50)51)24-11-19(31(52,53)54)4-20(12-24)32(55,56)57;1-13(18)21-15-10-8-14(9-11-15)17(19)12-22(2,20)16-6-4-3-5-7-16/h1-12H;3-11H,12H2,1-2H3/q-1;+1. The second-order valence-electron chi connectivity index (χ2n) is 17.2. The fourth-order valence-electron chi connectivity index (χ4n) is 8.07. The van der Waals surface area contributed by atoms with Gasteiger partial charge in [0.2, 0.25) is 5.78 Å². The van der Waals surface area contributed by atoms with Crippen molar-refractivity contribution in [1.82, 2.24) is 0 Å². The molecule has 4 nitrogen and oxygen atoms in total. The largest absolute Gasteiger partial charge is 0.427 e.